The summed E-state index contributed by atoms with van der Waals surface area (Å²) in [5, 5.41) is -0.835. The van der Waals surface area contributed by atoms with Gasteiger partial charge in [0.2, 0.25) is 4.33 Å². The maximum atomic E-state index is 11.4. The van der Waals surface area contributed by atoms with Gasteiger partial charge in [-0.2, -0.15) is 0 Å². The van der Waals surface area contributed by atoms with Gasteiger partial charge in [0.25, 0.3) is 0 Å². The predicted molar refractivity (Wildman–Crippen MR) is 68.3 cm³/mol. The molecule has 0 saturated carbocycles. The summed E-state index contributed by atoms with van der Waals surface area (Å²) in [5.41, 5.74) is 0. The molecule has 0 rings (SSSR count). The van der Waals surface area contributed by atoms with E-state index in [0.29, 0.717) is 0 Å². The molecule has 0 aromatic rings. The topological polar surface area (TPSA) is 71.1 Å². The van der Waals surface area contributed by atoms with Crippen LogP contribution < -0.4 is 0 Å². The molecule has 0 aliphatic heterocycles. The lowest BCUT2D eigenvalue weighted by atomic mass is 10.3. The molecule has 0 fully saturated rings. The van der Waals surface area contributed by atoms with Crippen LogP contribution in [0, 0.1) is 0 Å². The van der Waals surface area contributed by atoms with E-state index in [1.165, 1.54) is 6.92 Å². The summed E-state index contributed by atoms with van der Waals surface area (Å²) < 4.78 is 28.0. The van der Waals surface area contributed by atoms with Gasteiger partial charge in [-0.3, -0.25) is 13.6 Å². The molecule has 0 aromatic heterocycles. The van der Waals surface area contributed by atoms with Crippen molar-refractivity contribution in [3.05, 3.63) is 0 Å². The summed E-state index contributed by atoms with van der Waals surface area (Å²) in [5.74, 6) is -0.915. The van der Waals surface area contributed by atoms with Crippen molar-refractivity contribution in [2.45, 2.75) is 16.6 Å². The van der Waals surface area contributed by atoms with Gasteiger partial charge in [0, 0.05) is 14.2 Å². The molecule has 0 aromatic carbocycles. The largest absolute Gasteiger partial charge is 0.474 e. The Labute approximate surface area is 120 Å². The number of ether oxygens (including phenoxy) is 1. The van der Waals surface area contributed by atoms with Gasteiger partial charge in [-0.05, 0) is 6.92 Å². The van der Waals surface area contributed by atoms with E-state index in [4.69, 9.17) is 44.1 Å². The molecule has 6 nitrogen and oxygen atoms in total. The SMILES string of the molecule is COP(=O)(OC)OCCOC(=O)C(Cl)(Cl)C(C)Cl. The first-order valence-electron chi connectivity index (χ1n) is 4.74. The number of esters is 1. The van der Waals surface area contributed by atoms with E-state index >= 15 is 0 Å². The zero-order chi connectivity index (χ0) is 14.4. The maximum absolute atomic E-state index is 11.4. The molecule has 18 heavy (non-hydrogen) atoms. The summed E-state index contributed by atoms with van der Waals surface area (Å²) in [6.45, 7) is 1.02. The molecule has 0 spiro atoms. The number of carbonyl (C=O) groups excluding carboxylic acids is 1. The van der Waals surface area contributed by atoms with Crippen molar-refractivity contribution in [3.63, 3.8) is 0 Å². The van der Waals surface area contributed by atoms with E-state index in [9.17, 15) is 9.36 Å². The summed E-state index contributed by atoms with van der Waals surface area (Å²) in [7, 11) is -1.26. The second-order valence-corrected chi connectivity index (χ2v) is 6.94. The molecule has 0 amide bonds. The summed E-state index contributed by atoms with van der Waals surface area (Å²) >= 11 is 16.9. The molecule has 0 aliphatic carbocycles. The van der Waals surface area contributed by atoms with Crippen molar-refractivity contribution in [2.75, 3.05) is 27.4 Å². The first kappa shape index (κ1) is 18.4. The first-order chi connectivity index (χ1) is 8.19. The van der Waals surface area contributed by atoms with E-state index in [0.717, 1.165) is 14.2 Å². The van der Waals surface area contributed by atoms with Gasteiger partial charge >= 0.3 is 13.8 Å². The quantitative estimate of drug-likeness (QED) is 0.292. The van der Waals surface area contributed by atoms with Crippen LogP contribution in [0.25, 0.3) is 0 Å². The van der Waals surface area contributed by atoms with E-state index < -0.39 is 23.5 Å². The van der Waals surface area contributed by atoms with E-state index in [-0.39, 0.29) is 13.2 Å². The zero-order valence-corrected chi connectivity index (χ0v) is 13.2. The molecule has 1 unspecified atom stereocenters. The van der Waals surface area contributed by atoms with Gasteiger partial charge in [0.15, 0.2) is 0 Å². The molecular weight excluding hydrogens is 329 g/mol. The Balaban J connectivity index is 4.07. The smallest absolute Gasteiger partial charge is 0.461 e. The Bertz CT molecular complexity index is 314. The van der Waals surface area contributed by atoms with Crippen molar-refractivity contribution in [2.24, 2.45) is 0 Å². The normalized spacial score (nSPS) is 14.3. The second-order valence-electron chi connectivity index (χ2n) is 3.02. The minimum atomic E-state index is -3.58. The van der Waals surface area contributed by atoms with Crippen LogP contribution in [0.4, 0.5) is 0 Å². The average molecular weight is 344 g/mol. The Morgan fingerprint density at radius 3 is 2.17 bits per heavy atom. The Morgan fingerprint density at radius 2 is 1.78 bits per heavy atom. The number of phosphoric acid groups is 1. The minimum absolute atomic E-state index is 0.203. The summed E-state index contributed by atoms with van der Waals surface area (Å²) in [4.78, 5) is 11.4. The van der Waals surface area contributed by atoms with Crippen LogP contribution in [0.5, 0.6) is 0 Å². The highest BCUT2D eigenvalue weighted by atomic mass is 35.5. The fraction of sp³-hybridized carbons (Fsp3) is 0.875. The second kappa shape index (κ2) is 7.90. The minimum Gasteiger partial charge on any atom is -0.461 e. The van der Waals surface area contributed by atoms with E-state index in [2.05, 4.69) is 9.05 Å². The van der Waals surface area contributed by atoms with Crippen LogP contribution in [-0.4, -0.2) is 43.1 Å². The fourth-order valence-corrected chi connectivity index (χ4v) is 1.58. The van der Waals surface area contributed by atoms with Gasteiger partial charge in [-0.1, -0.05) is 23.2 Å². The lowest BCUT2D eigenvalue weighted by Gasteiger charge is -2.20. The number of carbonyl (C=O) groups is 1. The number of rotatable bonds is 8. The van der Waals surface area contributed by atoms with Crippen molar-refractivity contribution in [3.8, 4) is 0 Å². The highest BCUT2D eigenvalue weighted by Crippen LogP contribution is 2.47. The monoisotopic (exact) mass is 342 g/mol. The zero-order valence-electron chi connectivity index (χ0n) is 10.0. The lowest BCUT2D eigenvalue weighted by molar-refractivity contribution is -0.145. The van der Waals surface area contributed by atoms with Crippen molar-refractivity contribution in [1.29, 1.82) is 0 Å². The summed E-state index contributed by atoms with van der Waals surface area (Å²) in [6, 6.07) is 0. The highest BCUT2D eigenvalue weighted by Gasteiger charge is 2.40. The van der Waals surface area contributed by atoms with Gasteiger partial charge in [-0.25, -0.2) is 9.36 Å². The maximum Gasteiger partial charge on any atom is 0.474 e. The van der Waals surface area contributed by atoms with Gasteiger partial charge in [-0.15, -0.1) is 11.6 Å². The first-order valence-corrected chi connectivity index (χ1v) is 7.40. The van der Waals surface area contributed by atoms with Crippen LogP contribution in [0.3, 0.4) is 0 Å². The van der Waals surface area contributed by atoms with Crippen molar-refractivity contribution >= 4 is 48.6 Å². The number of halogens is 3. The standard InChI is InChI=1S/C8H14Cl3O6P/c1-6(9)8(10,11)7(12)16-4-5-17-18(13,14-2)15-3/h6H,4-5H2,1-3H3. The molecule has 10 heteroatoms. The van der Waals surface area contributed by atoms with Crippen LogP contribution in [0.2, 0.25) is 0 Å². The van der Waals surface area contributed by atoms with Crippen molar-refractivity contribution < 1.29 is 27.7 Å². The van der Waals surface area contributed by atoms with E-state index in [1.807, 2.05) is 0 Å². The molecule has 108 valence electrons. The number of alkyl halides is 3. The third-order valence-electron chi connectivity index (χ3n) is 1.78. The van der Waals surface area contributed by atoms with Gasteiger partial charge < -0.3 is 4.74 Å². The molecule has 0 saturated heterocycles. The van der Waals surface area contributed by atoms with Crippen molar-refractivity contribution in [1.82, 2.24) is 0 Å². The molecule has 0 bridgehead atoms. The molecule has 0 radical (unpaired) electrons. The van der Waals surface area contributed by atoms with E-state index in [1.54, 1.807) is 0 Å². The Hall–Kier alpha value is 0.450. The summed E-state index contributed by atoms with van der Waals surface area (Å²) in [6.07, 6.45) is 0. The molecule has 1 atom stereocenters. The van der Waals surface area contributed by atoms with Gasteiger partial charge in [0.05, 0.1) is 12.0 Å². The van der Waals surface area contributed by atoms with Crippen LogP contribution >= 0.6 is 42.6 Å². The van der Waals surface area contributed by atoms with Gasteiger partial charge in [0.1, 0.15) is 6.61 Å². The predicted octanol–water partition coefficient (Wildman–Crippen LogP) is 2.75. The number of phosphoric ester groups is 1. The van der Waals surface area contributed by atoms with Crippen LogP contribution in [0.1, 0.15) is 6.92 Å². The Kier molecular flexibility index (Phi) is 8.10. The third kappa shape index (κ3) is 5.61. The van der Waals surface area contributed by atoms with Crippen LogP contribution in [0.15, 0.2) is 0 Å². The molecule has 0 N–H and O–H groups in total. The van der Waals surface area contributed by atoms with Crippen LogP contribution in [-0.2, 0) is 27.7 Å². The molecule has 0 aliphatic rings. The molecule has 0 heterocycles. The lowest BCUT2D eigenvalue weighted by Crippen LogP contribution is -2.36. The highest BCUT2D eigenvalue weighted by molar-refractivity contribution is 7.48. The third-order valence-corrected chi connectivity index (χ3v) is 4.69. The molecular formula is C8H14Cl3O6P. The average Bonchev–Trinajstić information content (AvgIpc) is 2.33. The number of hydrogen-bond acceptors (Lipinski definition) is 6. The number of hydrogen-bond donors (Lipinski definition) is 0. The Morgan fingerprint density at radius 1 is 1.28 bits per heavy atom. The fourth-order valence-electron chi connectivity index (χ4n) is 0.722.